The molecule has 0 bridgehead atoms. The Morgan fingerprint density at radius 3 is 3.00 bits per heavy atom. The Bertz CT molecular complexity index is 647. The molecule has 2 nitrogen and oxygen atoms in total. The quantitative estimate of drug-likeness (QED) is 0.814. The van der Waals surface area contributed by atoms with Crippen molar-refractivity contribution in [1.82, 2.24) is 4.98 Å². The normalized spacial score (nSPS) is 13.8. The molecular weight excluding hydrogens is 258 g/mol. The summed E-state index contributed by atoms with van der Waals surface area (Å²) in [6.45, 7) is 0.575. The summed E-state index contributed by atoms with van der Waals surface area (Å²) in [5.74, 6) is 0.878. The summed E-state index contributed by atoms with van der Waals surface area (Å²) >= 11 is 5.99. The van der Waals surface area contributed by atoms with Crippen LogP contribution >= 0.6 is 11.6 Å². The molecule has 0 N–H and O–H groups in total. The van der Waals surface area contributed by atoms with E-state index in [0.717, 1.165) is 27.5 Å². The Morgan fingerprint density at radius 1 is 1.21 bits per heavy atom. The van der Waals surface area contributed by atoms with Crippen LogP contribution in [-0.4, -0.2) is 11.6 Å². The number of ether oxygens (including phenoxy) is 1. The molecule has 0 fully saturated rings. The van der Waals surface area contributed by atoms with E-state index in [9.17, 15) is 0 Å². The maximum Gasteiger partial charge on any atom is 0.127 e. The van der Waals surface area contributed by atoms with Gasteiger partial charge in [-0.25, -0.2) is 0 Å². The van der Waals surface area contributed by atoms with Gasteiger partial charge in [0, 0.05) is 23.0 Å². The third kappa shape index (κ3) is 2.85. The van der Waals surface area contributed by atoms with Crippen LogP contribution in [0.4, 0.5) is 0 Å². The second kappa shape index (κ2) is 5.29. The zero-order chi connectivity index (χ0) is 13.1. The van der Waals surface area contributed by atoms with Gasteiger partial charge in [0.2, 0.25) is 0 Å². The van der Waals surface area contributed by atoms with Crippen molar-refractivity contribution in [1.29, 1.82) is 0 Å². The van der Waals surface area contributed by atoms with E-state index in [2.05, 4.69) is 11.1 Å². The number of aromatic nitrogens is 1. The molecule has 0 saturated heterocycles. The second-order valence-corrected chi connectivity index (χ2v) is 4.75. The van der Waals surface area contributed by atoms with E-state index in [-0.39, 0.29) is 0 Å². The highest BCUT2D eigenvalue weighted by atomic mass is 35.5. The van der Waals surface area contributed by atoms with Crippen LogP contribution in [0.25, 0.3) is 12.2 Å². The maximum atomic E-state index is 5.99. The lowest BCUT2D eigenvalue weighted by atomic mass is 10.1. The van der Waals surface area contributed by atoms with E-state index in [1.165, 1.54) is 0 Å². The number of hydrogen-bond acceptors (Lipinski definition) is 2. The lowest BCUT2D eigenvalue weighted by Gasteiger charge is -2.16. The first-order valence-electron chi connectivity index (χ1n) is 6.02. The first kappa shape index (κ1) is 12.0. The van der Waals surface area contributed by atoms with Crippen LogP contribution in [0, 0.1) is 0 Å². The monoisotopic (exact) mass is 269 g/mol. The van der Waals surface area contributed by atoms with Gasteiger partial charge in [0.05, 0.1) is 0 Å². The Kier molecular flexibility index (Phi) is 3.34. The van der Waals surface area contributed by atoms with Gasteiger partial charge in [-0.3, -0.25) is 4.98 Å². The fourth-order valence-corrected chi connectivity index (χ4v) is 2.12. The van der Waals surface area contributed by atoms with Crippen molar-refractivity contribution in [3.8, 4) is 5.75 Å². The number of benzene rings is 1. The molecule has 0 amide bonds. The van der Waals surface area contributed by atoms with Crippen molar-refractivity contribution >= 4 is 23.8 Å². The number of nitrogens with zero attached hydrogens (tertiary/aromatic N) is 1. The zero-order valence-corrected chi connectivity index (χ0v) is 11.0. The number of hydrogen-bond donors (Lipinski definition) is 0. The largest absolute Gasteiger partial charge is 0.488 e. The van der Waals surface area contributed by atoms with Crippen molar-refractivity contribution in [3.05, 3.63) is 70.5 Å². The van der Waals surface area contributed by atoms with Crippen LogP contribution < -0.4 is 4.74 Å². The highest BCUT2D eigenvalue weighted by molar-refractivity contribution is 6.30. The average Bonchev–Trinajstić information content (AvgIpc) is 2.46. The van der Waals surface area contributed by atoms with Gasteiger partial charge in [-0.15, -0.1) is 0 Å². The highest BCUT2D eigenvalue weighted by Gasteiger charge is 2.09. The third-order valence-corrected chi connectivity index (χ3v) is 3.12. The highest BCUT2D eigenvalue weighted by Crippen LogP contribution is 2.29. The summed E-state index contributed by atoms with van der Waals surface area (Å²) in [5, 5.41) is 0.719. The SMILES string of the molecule is Clc1ccc2c(c1)C=C(/C=C/c1cccnc1)CO2. The molecule has 94 valence electrons. The molecule has 0 spiro atoms. The standard InChI is InChI=1S/C16H12ClNO/c17-15-5-6-16-14(9-15)8-13(11-19-16)4-3-12-2-1-7-18-10-12/h1-10H,11H2/b4-3+. The van der Waals surface area contributed by atoms with E-state index in [1.807, 2.05) is 48.7 Å². The number of fused-ring (bicyclic) bond motifs is 1. The van der Waals surface area contributed by atoms with Gasteiger partial charge in [-0.2, -0.15) is 0 Å². The molecule has 2 heterocycles. The molecule has 0 saturated carbocycles. The first-order chi connectivity index (χ1) is 9.31. The summed E-state index contributed by atoms with van der Waals surface area (Å²) in [6, 6.07) is 9.58. The van der Waals surface area contributed by atoms with E-state index in [1.54, 1.807) is 6.20 Å². The number of rotatable bonds is 2. The molecule has 3 heteroatoms. The van der Waals surface area contributed by atoms with E-state index in [4.69, 9.17) is 16.3 Å². The van der Waals surface area contributed by atoms with E-state index >= 15 is 0 Å². The Hall–Kier alpha value is -2.06. The van der Waals surface area contributed by atoms with Gasteiger partial charge >= 0.3 is 0 Å². The van der Waals surface area contributed by atoms with Crippen molar-refractivity contribution in [3.63, 3.8) is 0 Å². The Morgan fingerprint density at radius 2 is 2.16 bits per heavy atom. The zero-order valence-electron chi connectivity index (χ0n) is 10.2. The summed E-state index contributed by atoms with van der Waals surface area (Å²) in [5.41, 5.74) is 3.20. The smallest absolute Gasteiger partial charge is 0.127 e. The maximum absolute atomic E-state index is 5.99. The van der Waals surface area contributed by atoms with Gasteiger partial charge in [0.1, 0.15) is 12.4 Å². The van der Waals surface area contributed by atoms with Crippen molar-refractivity contribution in [2.24, 2.45) is 0 Å². The minimum Gasteiger partial charge on any atom is -0.488 e. The molecule has 1 aromatic carbocycles. The van der Waals surface area contributed by atoms with E-state index in [0.29, 0.717) is 6.61 Å². The van der Waals surface area contributed by atoms with Crippen molar-refractivity contribution in [2.45, 2.75) is 0 Å². The van der Waals surface area contributed by atoms with Crippen LogP contribution in [-0.2, 0) is 0 Å². The molecule has 19 heavy (non-hydrogen) atoms. The summed E-state index contributed by atoms with van der Waals surface area (Å²) < 4.78 is 5.69. The van der Waals surface area contributed by atoms with Crippen LogP contribution in [0.15, 0.2) is 54.4 Å². The van der Waals surface area contributed by atoms with Gasteiger partial charge in [0.15, 0.2) is 0 Å². The van der Waals surface area contributed by atoms with Crippen LogP contribution in [0.3, 0.4) is 0 Å². The molecule has 1 aromatic heterocycles. The predicted octanol–water partition coefficient (Wildman–Crippen LogP) is 4.22. The molecule has 2 aromatic rings. The van der Waals surface area contributed by atoms with Crippen LogP contribution in [0.2, 0.25) is 5.02 Å². The van der Waals surface area contributed by atoms with Gasteiger partial charge < -0.3 is 4.74 Å². The molecule has 0 atom stereocenters. The topological polar surface area (TPSA) is 22.1 Å². The van der Waals surface area contributed by atoms with Gasteiger partial charge in [-0.1, -0.05) is 29.8 Å². The molecule has 3 rings (SSSR count). The summed E-state index contributed by atoms with van der Waals surface area (Å²) in [7, 11) is 0. The molecule has 0 aliphatic carbocycles. The fraction of sp³-hybridized carbons (Fsp3) is 0.0625. The van der Waals surface area contributed by atoms with Gasteiger partial charge in [0.25, 0.3) is 0 Å². The fourth-order valence-electron chi connectivity index (χ4n) is 1.94. The summed E-state index contributed by atoms with van der Waals surface area (Å²) in [6.07, 6.45) is 9.75. The summed E-state index contributed by atoms with van der Waals surface area (Å²) in [4.78, 5) is 4.08. The lowest BCUT2D eigenvalue weighted by Crippen LogP contribution is -2.05. The Balaban J connectivity index is 1.85. The van der Waals surface area contributed by atoms with E-state index < -0.39 is 0 Å². The van der Waals surface area contributed by atoms with Gasteiger partial charge in [-0.05, 0) is 41.5 Å². The molecular formula is C16H12ClNO. The van der Waals surface area contributed by atoms with Crippen molar-refractivity contribution in [2.75, 3.05) is 6.61 Å². The second-order valence-electron chi connectivity index (χ2n) is 4.31. The third-order valence-electron chi connectivity index (χ3n) is 2.88. The minimum absolute atomic E-state index is 0.575. The molecule has 0 unspecified atom stereocenters. The number of halogens is 1. The van der Waals surface area contributed by atoms with Crippen molar-refractivity contribution < 1.29 is 4.74 Å². The number of pyridine rings is 1. The molecule has 1 aliphatic heterocycles. The van der Waals surface area contributed by atoms with Crippen LogP contribution in [0.1, 0.15) is 11.1 Å². The minimum atomic E-state index is 0.575. The van der Waals surface area contributed by atoms with Crippen LogP contribution in [0.5, 0.6) is 5.75 Å². The average molecular weight is 270 g/mol. The molecule has 1 aliphatic rings. The lowest BCUT2D eigenvalue weighted by molar-refractivity contribution is 0.351. The first-order valence-corrected chi connectivity index (χ1v) is 6.40. The molecule has 0 radical (unpaired) electrons. The Labute approximate surface area is 117 Å². The predicted molar refractivity (Wildman–Crippen MR) is 78.2 cm³/mol.